The number of nitrogens with zero attached hydrogens (tertiary/aromatic N) is 6. The van der Waals surface area contributed by atoms with Gasteiger partial charge in [0.1, 0.15) is 47.4 Å². The van der Waals surface area contributed by atoms with Crippen LogP contribution >= 0.6 is 22.9 Å². The topological polar surface area (TPSA) is 112 Å². The molecule has 14 heteroatoms. The molecule has 0 bridgehead atoms. The van der Waals surface area contributed by atoms with E-state index in [-0.39, 0.29) is 24.7 Å². The van der Waals surface area contributed by atoms with E-state index in [0.29, 0.717) is 44.9 Å². The van der Waals surface area contributed by atoms with Crippen molar-refractivity contribution in [3.8, 4) is 56.1 Å². The summed E-state index contributed by atoms with van der Waals surface area (Å²) in [5.74, 6) is 2.37. The molecule has 11 nitrogen and oxygen atoms in total. The van der Waals surface area contributed by atoms with Crippen LogP contribution in [0.15, 0.2) is 104 Å². The number of aromatic nitrogens is 4. The minimum Gasteiger partial charge on any atom is -0.497 e. The van der Waals surface area contributed by atoms with Crippen LogP contribution in [-0.4, -0.2) is 95.6 Å². The molecule has 0 aliphatic carbocycles. The van der Waals surface area contributed by atoms with Crippen LogP contribution in [0.4, 0.5) is 4.39 Å². The van der Waals surface area contributed by atoms with Crippen LogP contribution in [0, 0.1) is 12.7 Å². The number of likely N-dealkylation sites (N-methyl/N-ethyl adjacent to an activating group) is 1. The number of fused-ring (bicyclic) bond motifs is 1. The zero-order chi connectivity index (χ0) is 42.3. The lowest BCUT2D eigenvalue weighted by Crippen LogP contribution is -2.45. The maximum atomic E-state index is 14.2. The van der Waals surface area contributed by atoms with Crippen molar-refractivity contribution in [2.45, 2.75) is 26.1 Å². The Kier molecular flexibility index (Phi) is 13.1. The lowest BCUT2D eigenvalue weighted by atomic mass is 9.96. The first-order chi connectivity index (χ1) is 29.8. The zero-order valence-corrected chi connectivity index (χ0v) is 35.6. The van der Waals surface area contributed by atoms with E-state index in [0.717, 1.165) is 83.0 Å². The quantitative estimate of drug-likeness (QED) is 0.0869. The highest BCUT2D eigenvalue weighted by atomic mass is 35.5. The van der Waals surface area contributed by atoms with Gasteiger partial charge in [-0.15, -0.1) is 11.3 Å². The van der Waals surface area contributed by atoms with Crippen molar-refractivity contribution in [2.75, 3.05) is 53.5 Å². The Morgan fingerprint density at radius 2 is 1.66 bits per heavy atom. The van der Waals surface area contributed by atoms with Crippen LogP contribution in [-0.2, 0) is 17.8 Å². The van der Waals surface area contributed by atoms with Crippen LogP contribution in [0.2, 0.25) is 5.02 Å². The molecule has 0 N–H and O–H groups in total. The summed E-state index contributed by atoms with van der Waals surface area (Å²) in [6.07, 6.45) is 3.14. The third kappa shape index (κ3) is 9.66. The number of carbonyl (C=O) groups excluding carboxylic acids is 1. The number of para-hydroxylation sites is 1. The number of ether oxygens (including phenoxy) is 4. The van der Waals surface area contributed by atoms with E-state index in [1.165, 1.54) is 29.8 Å². The van der Waals surface area contributed by atoms with Gasteiger partial charge in [-0.3, -0.25) is 9.69 Å². The van der Waals surface area contributed by atoms with Crippen LogP contribution in [0.25, 0.3) is 43.2 Å². The summed E-state index contributed by atoms with van der Waals surface area (Å²) in [4.78, 5) is 37.3. The molecular formula is C47H44ClFN6O5S. The van der Waals surface area contributed by atoms with Crippen molar-refractivity contribution in [3.05, 3.63) is 131 Å². The van der Waals surface area contributed by atoms with Gasteiger partial charge >= 0.3 is 0 Å². The molecule has 1 aliphatic rings. The Morgan fingerprint density at radius 1 is 0.885 bits per heavy atom. The van der Waals surface area contributed by atoms with Crippen LogP contribution in [0.3, 0.4) is 0 Å². The number of rotatable bonds is 16. The highest BCUT2D eigenvalue weighted by molar-refractivity contribution is 7.22. The molecule has 1 atom stereocenters. The van der Waals surface area contributed by atoms with E-state index in [1.54, 1.807) is 31.5 Å². The molecule has 1 saturated heterocycles. The summed E-state index contributed by atoms with van der Waals surface area (Å²) >= 11 is 8.49. The van der Waals surface area contributed by atoms with Gasteiger partial charge in [-0.1, -0.05) is 48.0 Å². The van der Waals surface area contributed by atoms with Crippen LogP contribution in [0.1, 0.15) is 16.8 Å². The van der Waals surface area contributed by atoms with E-state index < -0.39 is 6.10 Å². The minimum atomic E-state index is -0.939. The Bertz CT molecular complexity index is 2620. The zero-order valence-electron chi connectivity index (χ0n) is 34.0. The van der Waals surface area contributed by atoms with Crippen molar-refractivity contribution in [1.29, 1.82) is 0 Å². The maximum absolute atomic E-state index is 14.2. The van der Waals surface area contributed by atoms with Gasteiger partial charge in [-0.25, -0.2) is 24.3 Å². The number of carbonyl (C=O) groups is 1. The second-order valence-electron chi connectivity index (χ2n) is 14.7. The molecular weight excluding hydrogens is 815 g/mol. The van der Waals surface area contributed by atoms with Gasteiger partial charge in [-0.05, 0) is 90.8 Å². The van der Waals surface area contributed by atoms with Gasteiger partial charge in [0, 0.05) is 61.3 Å². The second-order valence-corrected chi connectivity index (χ2v) is 16.1. The summed E-state index contributed by atoms with van der Waals surface area (Å²) in [6.45, 7) is 7.48. The number of hydrogen-bond donors (Lipinski definition) is 0. The van der Waals surface area contributed by atoms with Crippen molar-refractivity contribution in [3.63, 3.8) is 0 Å². The van der Waals surface area contributed by atoms with Crippen molar-refractivity contribution in [2.24, 2.45) is 0 Å². The number of piperazine rings is 1. The number of benzene rings is 4. The number of methoxy groups -OCH3 is 1. The maximum Gasteiger partial charge on any atom is 0.226 e. The molecule has 0 amide bonds. The summed E-state index contributed by atoms with van der Waals surface area (Å²) in [5.41, 5.74) is 5.44. The highest BCUT2D eigenvalue weighted by Gasteiger charge is 2.26. The molecule has 3 aromatic heterocycles. The fourth-order valence-corrected chi connectivity index (χ4v) is 8.63. The summed E-state index contributed by atoms with van der Waals surface area (Å²) < 4.78 is 38.5. The predicted octanol–water partition coefficient (Wildman–Crippen LogP) is 8.99. The average Bonchev–Trinajstić information content (AvgIpc) is 3.68. The Balaban J connectivity index is 1.06. The summed E-state index contributed by atoms with van der Waals surface area (Å²) in [6, 6.07) is 27.0. The molecule has 1 fully saturated rings. The Hall–Kier alpha value is -5.99. The first kappa shape index (κ1) is 41.7. The Labute approximate surface area is 362 Å². The molecule has 1 unspecified atom stereocenters. The fourth-order valence-electron chi connectivity index (χ4n) is 7.25. The summed E-state index contributed by atoms with van der Waals surface area (Å²) in [7, 11) is 3.76. The van der Waals surface area contributed by atoms with Crippen molar-refractivity contribution >= 4 is 39.4 Å². The van der Waals surface area contributed by atoms with E-state index in [2.05, 4.69) is 31.8 Å². The third-order valence-electron chi connectivity index (χ3n) is 10.7. The van der Waals surface area contributed by atoms with E-state index in [9.17, 15) is 9.18 Å². The lowest BCUT2D eigenvalue weighted by molar-refractivity contribution is -0.113. The van der Waals surface area contributed by atoms with Gasteiger partial charge in [0.2, 0.25) is 5.88 Å². The molecule has 0 radical (unpaired) electrons. The van der Waals surface area contributed by atoms with Crippen LogP contribution < -0.4 is 18.9 Å². The van der Waals surface area contributed by atoms with Gasteiger partial charge in [0.15, 0.2) is 18.2 Å². The molecule has 312 valence electrons. The number of aldehydes is 1. The monoisotopic (exact) mass is 858 g/mol. The molecule has 1 aliphatic heterocycles. The van der Waals surface area contributed by atoms with E-state index in [4.69, 9.17) is 35.5 Å². The SMILES string of the molecule is COc1ccc(-c2nccc(COc3ccccc3CC(C=O)Oc3ncnc4sc(-c5ccc(F)cc5)c(-c5ccc(OCCN6CCN(C)CC6)c(Cl)c5C)c34)n2)cc1. The van der Waals surface area contributed by atoms with E-state index in [1.807, 2.05) is 67.6 Å². The van der Waals surface area contributed by atoms with Crippen molar-refractivity contribution in [1.82, 2.24) is 29.7 Å². The largest absolute Gasteiger partial charge is 0.497 e. The molecule has 7 aromatic rings. The van der Waals surface area contributed by atoms with Gasteiger partial charge in [-0.2, -0.15) is 0 Å². The average molecular weight is 859 g/mol. The van der Waals surface area contributed by atoms with Gasteiger partial charge < -0.3 is 23.8 Å². The molecule has 61 heavy (non-hydrogen) atoms. The first-order valence-corrected chi connectivity index (χ1v) is 21.1. The second kappa shape index (κ2) is 19.2. The van der Waals surface area contributed by atoms with Crippen molar-refractivity contribution < 1.29 is 28.1 Å². The molecule has 4 heterocycles. The van der Waals surface area contributed by atoms with Crippen LogP contribution in [0.5, 0.6) is 23.1 Å². The molecule has 4 aromatic carbocycles. The van der Waals surface area contributed by atoms with E-state index >= 15 is 0 Å². The molecule has 0 spiro atoms. The predicted molar refractivity (Wildman–Crippen MR) is 236 cm³/mol. The summed E-state index contributed by atoms with van der Waals surface area (Å²) in [5, 5.41) is 1.10. The standard InChI is InChI=1S/C47H44ClFN6O5S/c1-30-38(16-17-40(43(30)48)58-25-24-55-22-20-54(2)21-23-55)41-42-46(51-29-52-47(42)61-44(41)31-8-12-34(49)13-9-31)60-37(27-56)26-33-6-4-5-7-39(33)59-28-35-18-19-50-45(53-35)32-10-14-36(57-3)15-11-32/h4-19,27,29,37H,20-26,28H2,1-3H3. The number of thiophene rings is 1. The number of halogens is 2. The smallest absolute Gasteiger partial charge is 0.226 e. The minimum absolute atomic E-state index is 0.175. The third-order valence-corrected chi connectivity index (χ3v) is 12.3. The lowest BCUT2D eigenvalue weighted by Gasteiger charge is -2.32. The van der Waals surface area contributed by atoms with Gasteiger partial charge in [0.05, 0.1) is 23.2 Å². The molecule has 0 saturated carbocycles. The normalized spacial score (nSPS) is 13.9. The molecule has 8 rings (SSSR count). The fraction of sp³-hybridized carbons (Fsp3) is 0.255. The Morgan fingerprint density at radius 3 is 2.43 bits per heavy atom. The first-order valence-electron chi connectivity index (χ1n) is 19.9. The van der Waals surface area contributed by atoms with Gasteiger partial charge in [0.25, 0.3) is 0 Å². The highest BCUT2D eigenvalue weighted by Crippen LogP contribution is 2.49. The number of hydrogen-bond acceptors (Lipinski definition) is 12.